The molecule has 0 radical (unpaired) electrons. The van der Waals surface area contributed by atoms with Crippen molar-refractivity contribution in [3.63, 3.8) is 0 Å². The molecule has 0 aromatic carbocycles. The minimum atomic E-state index is -5.11. The van der Waals surface area contributed by atoms with Gasteiger partial charge in [0.15, 0.2) is 23.6 Å². The minimum Gasteiger partial charge on any atom is -0.387 e. The number of aromatic amines is 1. The number of rotatable bonds is 2. The zero-order valence-corrected chi connectivity index (χ0v) is 25.2. The summed E-state index contributed by atoms with van der Waals surface area (Å²) in [6.45, 7) is -0.0240. The molecule has 3 aliphatic heterocycles. The Labute approximate surface area is 256 Å². The van der Waals surface area contributed by atoms with Gasteiger partial charge in [0.1, 0.15) is 53.9 Å². The molecule has 2 bridgehead atoms. The molecule has 46 heavy (non-hydrogen) atoms. The predicted molar refractivity (Wildman–Crippen MR) is 150 cm³/mol. The molecule has 2 unspecified atom stereocenters. The van der Waals surface area contributed by atoms with E-state index in [1.165, 1.54) is 10.8 Å². The Morgan fingerprint density at radius 3 is 2.33 bits per heavy atom. The second kappa shape index (κ2) is 11.1. The fraction of sp³-hybridized carbons (Fsp3) is 0.500. The molecule has 0 aliphatic carbocycles. The maximum atomic E-state index is 13.2. The van der Waals surface area contributed by atoms with E-state index in [4.69, 9.17) is 39.0 Å². The Hall–Kier alpha value is -3.37. The molecular weight excluding hydrogens is 660 g/mol. The first-order chi connectivity index (χ1) is 21.7. The van der Waals surface area contributed by atoms with Crippen molar-refractivity contribution in [2.75, 3.05) is 24.7 Å². The van der Waals surface area contributed by atoms with E-state index >= 15 is 0 Å². The third-order valence-electron chi connectivity index (χ3n) is 7.65. The Balaban J connectivity index is 1.21. The summed E-state index contributed by atoms with van der Waals surface area (Å²) in [6, 6.07) is 1.57. The Bertz CT molecular complexity index is 1990. The summed E-state index contributed by atoms with van der Waals surface area (Å²) in [5, 5.41) is 22.7. The molecule has 24 heteroatoms. The van der Waals surface area contributed by atoms with Crippen LogP contribution in [-0.2, 0) is 36.7 Å². The lowest BCUT2D eigenvalue weighted by Crippen LogP contribution is -2.36. The SMILES string of the molecule is Cc1nc(N)c2ccn([C@@H]3O[C@@H]4COP(=O)(O)O[C@@H]5[C@H](O)[C@@H](COP(=O)(O)O[C@H]4[C@H]3O)O[C@H]5n3cnc4c(=O)[nH]c(N)nc43)c2n1. The second-order valence-electron chi connectivity index (χ2n) is 10.7. The number of aliphatic hydroxyl groups excluding tert-OH is 2. The van der Waals surface area contributed by atoms with Gasteiger partial charge in [-0.05, 0) is 13.0 Å². The maximum absolute atomic E-state index is 13.2. The van der Waals surface area contributed by atoms with Crippen LogP contribution in [0.3, 0.4) is 0 Å². The Morgan fingerprint density at radius 2 is 1.59 bits per heavy atom. The van der Waals surface area contributed by atoms with Gasteiger partial charge in [-0.2, -0.15) is 4.98 Å². The zero-order valence-electron chi connectivity index (χ0n) is 23.5. The molecule has 22 nitrogen and oxygen atoms in total. The second-order valence-corrected chi connectivity index (χ2v) is 13.5. The van der Waals surface area contributed by atoms with Gasteiger partial charge in [-0.3, -0.25) is 32.4 Å². The first kappa shape index (κ1) is 31.2. The van der Waals surface area contributed by atoms with Gasteiger partial charge in [0, 0.05) is 6.20 Å². The van der Waals surface area contributed by atoms with E-state index in [0.717, 1.165) is 10.9 Å². The number of ether oxygens (including phenoxy) is 2. The van der Waals surface area contributed by atoms with Gasteiger partial charge < -0.3 is 45.5 Å². The van der Waals surface area contributed by atoms with Crippen molar-refractivity contribution in [2.24, 2.45) is 0 Å². The van der Waals surface area contributed by atoms with E-state index in [1.807, 2.05) is 0 Å². The first-order valence-electron chi connectivity index (χ1n) is 13.5. The van der Waals surface area contributed by atoms with Crippen LogP contribution in [0.5, 0.6) is 0 Å². The van der Waals surface area contributed by atoms with Crippen LogP contribution < -0.4 is 17.0 Å². The molecule has 7 heterocycles. The van der Waals surface area contributed by atoms with E-state index in [1.54, 1.807) is 13.0 Å². The van der Waals surface area contributed by atoms with Gasteiger partial charge in [0.05, 0.1) is 24.9 Å². The highest BCUT2D eigenvalue weighted by atomic mass is 31.2. The molecule has 0 saturated carbocycles. The summed E-state index contributed by atoms with van der Waals surface area (Å²) < 4.78 is 61.5. The van der Waals surface area contributed by atoms with Gasteiger partial charge in [-0.25, -0.2) is 24.1 Å². The molecule has 0 amide bonds. The molecule has 4 aromatic heterocycles. The number of anilines is 2. The number of phosphoric acid groups is 2. The highest BCUT2D eigenvalue weighted by Gasteiger charge is 2.54. The number of aryl methyl sites for hydroxylation is 1. The fourth-order valence-electron chi connectivity index (χ4n) is 5.62. The lowest BCUT2D eigenvalue weighted by molar-refractivity contribution is -0.0671. The number of hydrogen-bond donors (Lipinski definition) is 7. The van der Waals surface area contributed by atoms with Gasteiger partial charge in [-0.15, -0.1) is 0 Å². The van der Waals surface area contributed by atoms with Crippen molar-refractivity contribution in [1.82, 2.24) is 34.1 Å². The number of aromatic nitrogens is 7. The molecule has 3 saturated heterocycles. The molecule has 3 aliphatic rings. The zero-order chi connectivity index (χ0) is 32.7. The number of nitrogens with two attached hydrogens (primary N) is 2. The predicted octanol–water partition coefficient (Wildman–Crippen LogP) is -1.43. The van der Waals surface area contributed by atoms with Crippen molar-refractivity contribution in [3.8, 4) is 0 Å². The number of imidazole rings is 1. The molecule has 3 fully saturated rings. The highest BCUT2D eigenvalue weighted by Crippen LogP contribution is 2.53. The molecule has 248 valence electrons. The number of hydrogen-bond acceptors (Lipinski definition) is 17. The van der Waals surface area contributed by atoms with Crippen LogP contribution in [0.25, 0.3) is 22.2 Å². The van der Waals surface area contributed by atoms with Crippen LogP contribution in [-0.4, -0.2) is 104 Å². The van der Waals surface area contributed by atoms with Crippen molar-refractivity contribution in [2.45, 2.75) is 56.0 Å². The molecule has 4 aromatic rings. The van der Waals surface area contributed by atoms with Crippen molar-refractivity contribution in [1.29, 1.82) is 0 Å². The first-order valence-corrected chi connectivity index (χ1v) is 16.5. The monoisotopic (exact) mass is 687 g/mol. The summed E-state index contributed by atoms with van der Waals surface area (Å²) in [5.41, 5.74) is 10.9. The van der Waals surface area contributed by atoms with E-state index < -0.39 is 83.5 Å². The number of fused-ring (bicyclic) bond motifs is 5. The van der Waals surface area contributed by atoms with Crippen molar-refractivity contribution in [3.05, 3.63) is 34.8 Å². The molecule has 7 rings (SSSR count). The molecule has 0 spiro atoms. The van der Waals surface area contributed by atoms with Crippen LogP contribution in [0.2, 0.25) is 0 Å². The van der Waals surface area contributed by atoms with E-state index in [-0.39, 0.29) is 28.6 Å². The summed E-state index contributed by atoms with van der Waals surface area (Å²) in [7, 11) is -10.2. The van der Waals surface area contributed by atoms with Crippen LogP contribution in [0.15, 0.2) is 23.4 Å². The average Bonchev–Trinajstić information content (AvgIpc) is 3.72. The number of H-pyrrole nitrogens is 1. The van der Waals surface area contributed by atoms with Gasteiger partial charge >= 0.3 is 15.6 Å². The maximum Gasteiger partial charge on any atom is 0.472 e. The van der Waals surface area contributed by atoms with Gasteiger partial charge in [-0.1, -0.05) is 0 Å². The normalized spacial score (nSPS) is 37.2. The Kier molecular flexibility index (Phi) is 7.55. The topological polar surface area (TPSA) is 317 Å². The summed E-state index contributed by atoms with van der Waals surface area (Å²) in [6.07, 6.45) is -9.92. The lowest BCUT2D eigenvalue weighted by atomic mass is 10.1. The third-order valence-corrected chi connectivity index (χ3v) is 9.62. The summed E-state index contributed by atoms with van der Waals surface area (Å²) in [4.78, 5) is 52.3. The molecular formula is C22H27N9O13P2. The molecule has 10 atom stereocenters. The van der Waals surface area contributed by atoms with Crippen LogP contribution in [0.4, 0.5) is 11.8 Å². The van der Waals surface area contributed by atoms with Crippen LogP contribution in [0, 0.1) is 6.92 Å². The van der Waals surface area contributed by atoms with Gasteiger partial charge in [0.25, 0.3) is 5.56 Å². The van der Waals surface area contributed by atoms with Crippen molar-refractivity contribution < 1.29 is 56.7 Å². The lowest BCUT2D eigenvalue weighted by Gasteiger charge is -2.25. The summed E-state index contributed by atoms with van der Waals surface area (Å²) >= 11 is 0. The number of nitrogens with one attached hydrogen (secondary N) is 1. The number of phosphoric ester groups is 2. The quantitative estimate of drug-likeness (QED) is 0.119. The number of aliphatic hydroxyl groups is 2. The smallest absolute Gasteiger partial charge is 0.387 e. The van der Waals surface area contributed by atoms with E-state index in [9.17, 15) is 33.9 Å². The van der Waals surface area contributed by atoms with Crippen LogP contribution >= 0.6 is 15.6 Å². The number of nitrogens with zero attached hydrogens (tertiary/aromatic N) is 6. The summed E-state index contributed by atoms with van der Waals surface area (Å²) in [5.74, 6) is 0.199. The van der Waals surface area contributed by atoms with Crippen LogP contribution in [0.1, 0.15) is 18.3 Å². The minimum absolute atomic E-state index is 0.124. The molecule has 9 N–H and O–H groups in total. The standard InChI is InChI=1S/C22H27N9O13P2/c1-7-26-16(23)8-2-3-30(17(8)27-7)20-13(33)14-10(42-20)5-40-46(37,38)44-15-12(32)9(4-39-45(35,36)43-14)41-21(15)31-6-25-11-18(31)28-22(24)29-19(11)34/h2-3,6,9-10,12-15,20-21,32-33H,4-5H2,1H3,(H,35,36)(H,37,38)(H2,23,26,27)(H3,24,28,29,34)/t9-,10-,12-,13-,14-,15-,20-,21-/m1/s1. The third kappa shape index (κ3) is 5.41. The average molecular weight is 687 g/mol. The van der Waals surface area contributed by atoms with Crippen molar-refractivity contribution >= 4 is 49.6 Å². The van der Waals surface area contributed by atoms with Gasteiger partial charge in [0.2, 0.25) is 5.95 Å². The van der Waals surface area contributed by atoms with E-state index in [2.05, 4.69) is 24.9 Å². The van der Waals surface area contributed by atoms with E-state index in [0.29, 0.717) is 11.2 Å². The number of nitrogen functional groups attached to an aromatic ring is 2. The highest BCUT2D eigenvalue weighted by molar-refractivity contribution is 7.47. The fourth-order valence-corrected chi connectivity index (χ4v) is 7.51. The largest absolute Gasteiger partial charge is 0.472 e. The Morgan fingerprint density at radius 1 is 0.913 bits per heavy atom.